The Morgan fingerprint density at radius 3 is 2.65 bits per heavy atom. The average molecular weight is 318 g/mol. The molecule has 1 aliphatic heterocycles. The van der Waals surface area contributed by atoms with E-state index in [4.69, 9.17) is 11.6 Å². The molecule has 1 amide bonds. The van der Waals surface area contributed by atoms with Gasteiger partial charge >= 0.3 is 0 Å². The largest absolute Gasteiger partial charge is 0.285 e. The molecule has 1 aliphatic rings. The number of carbonyl (C=O) groups excluding carboxylic acids is 1. The Labute approximate surface area is 114 Å². The lowest BCUT2D eigenvalue weighted by Crippen LogP contribution is -2.45. The van der Waals surface area contributed by atoms with E-state index in [0.29, 0.717) is 10.6 Å². The van der Waals surface area contributed by atoms with Crippen molar-refractivity contribution in [3.05, 3.63) is 33.3 Å². The van der Waals surface area contributed by atoms with E-state index >= 15 is 0 Å². The van der Waals surface area contributed by atoms with Gasteiger partial charge in [-0.1, -0.05) is 18.0 Å². The van der Waals surface area contributed by atoms with Crippen LogP contribution in [0.5, 0.6) is 0 Å². The van der Waals surface area contributed by atoms with Crippen LogP contribution in [-0.2, 0) is 0 Å². The summed E-state index contributed by atoms with van der Waals surface area (Å²) in [6.45, 7) is 1.86. The third-order valence-electron chi connectivity index (χ3n) is 2.79. The van der Waals surface area contributed by atoms with Crippen LogP contribution < -0.4 is 5.43 Å². The monoisotopic (exact) mass is 316 g/mol. The van der Waals surface area contributed by atoms with Crippen LogP contribution in [0.1, 0.15) is 29.6 Å². The van der Waals surface area contributed by atoms with Crippen LogP contribution in [0.4, 0.5) is 0 Å². The molecule has 0 aliphatic carbocycles. The maximum Gasteiger partial charge on any atom is 0.266 e. The average Bonchev–Trinajstić information content (AvgIpc) is 2.30. The second-order valence-electron chi connectivity index (χ2n) is 4.11. The van der Waals surface area contributed by atoms with Crippen molar-refractivity contribution in [2.75, 3.05) is 13.1 Å². The number of hydrogen-bond acceptors (Lipinski definition) is 2. The zero-order valence-corrected chi connectivity index (χ0v) is 11.7. The van der Waals surface area contributed by atoms with Gasteiger partial charge in [-0.25, -0.2) is 5.01 Å². The van der Waals surface area contributed by atoms with E-state index in [2.05, 4.69) is 21.4 Å². The van der Waals surface area contributed by atoms with Crippen LogP contribution in [0.3, 0.4) is 0 Å². The highest BCUT2D eigenvalue weighted by Gasteiger charge is 2.15. The van der Waals surface area contributed by atoms with Gasteiger partial charge in [-0.05, 0) is 47.0 Å². The molecule has 0 atom stereocenters. The Bertz CT molecular complexity index is 419. The highest BCUT2D eigenvalue weighted by molar-refractivity contribution is 9.10. The van der Waals surface area contributed by atoms with Crippen molar-refractivity contribution in [1.82, 2.24) is 10.4 Å². The van der Waals surface area contributed by atoms with Gasteiger partial charge in [-0.3, -0.25) is 10.2 Å². The van der Waals surface area contributed by atoms with Crippen molar-refractivity contribution in [1.29, 1.82) is 0 Å². The first-order chi connectivity index (χ1) is 8.16. The van der Waals surface area contributed by atoms with E-state index in [1.165, 1.54) is 6.42 Å². The SMILES string of the molecule is O=C(NN1CCCCC1)c1ccc(Cl)cc1Br. The molecule has 0 bridgehead atoms. The van der Waals surface area contributed by atoms with Crippen LogP contribution in [0, 0.1) is 0 Å². The first kappa shape index (κ1) is 12.9. The van der Waals surface area contributed by atoms with Crippen LogP contribution in [-0.4, -0.2) is 24.0 Å². The standard InChI is InChI=1S/C12H14BrClN2O/c13-11-8-9(14)4-5-10(11)12(17)15-16-6-2-1-3-7-16/h4-5,8H,1-3,6-7H2,(H,15,17). The fourth-order valence-corrected chi connectivity index (χ4v) is 2.75. The summed E-state index contributed by atoms with van der Waals surface area (Å²) in [6, 6.07) is 5.18. The van der Waals surface area contributed by atoms with Gasteiger partial charge in [0.15, 0.2) is 0 Å². The number of carbonyl (C=O) groups is 1. The molecule has 5 heteroatoms. The molecule has 0 radical (unpaired) electrons. The second-order valence-corrected chi connectivity index (χ2v) is 5.40. The number of hydrazine groups is 1. The molecular weight excluding hydrogens is 304 g/mol. The second kappa shape index (κ2) is 5.85. The van der Waals surface area contributed by atoms with Crippen molar-refractivity contribution in [3.8, 4) is 0 Å². The van der Waals surface area contributed by atoms with Gasteiger partial charge in [-0.15, -0.1) is 0 Å². The van der Waals surface area contributed by atoms with E-state index in [0.717, 1.165) is 30.4 Å². The molecule has 3 nitrogen and oxygen atoms in total. The summed E-state index contributed by atoms with van der Waals surface area (Å²) in [6.07, 6.45) is 3.53. The summed E-state index contributed by atoms with van der Waals surface area (Å²) in [5.74, 6) is -0.0876. The van der Waals surface area contributed by atoms with Crippen molar-refractivity contribution in [2.24, 2.45) is 0 Å². The lowest BCUT2D eigenvalue weighted by atomic mass is 10.1. The third-order valence-corrected chi connectivity index (χ3v) is 3.68. The molecule has 17 heavy (non-hydrogen) atoms. The molecule has 0 saturated carbocycles. The summed E-state index contributed by atoms with van der Waals surface area (Å²) in [7, 11) is 0. The number of hydrogen-bond donors (Lipinski definition) is 1. The van der Waals surface area contributed by atoms with Crippen molar-refractivity contribution < 1.29 is 4.79 Å². The molecule has 1 aromatic rings. The summed E-state index contributed by atoms with van der Waals surface area (Å²) in [5.41, 5.74) is 3.53. The summed E-state index contributed by atoms with van der Waals surface area (Å²) >= 11 is 9.19. The number of rotatable bonds is 2. The summed E-state index contributed by atoms with van der Waals surface area (Å²) < 4.78 is 0.722. The number of benzene rings is 1. The Kier molecular flexibility index (Phi) is 4.42. The van der Waals surface area contributed by atoms with Gasteiger partial charge in [0.25, 0.3) is 5.91 Å². The van der Waals surface area contributed by atoms with Gasteiger partial charge in [0.1, 0.15) is 0 Å². The Morgan fingerprint density at radius 2 is 2.00 bits per heavy atom. The van der Waals surface area contributed by atoms with Crippen LogP contribution in [0.2, 0.25) is 5.02 Å². The highest BCUT2D eigenvalue weighted by atomic mass is 79.9. The number of amides is 1. The molecule has 92 valence electrons. The highest BCUT2D eigenvalue weighted by Crippen LogP contribution is 2.21. The quantitative estimate of drug-likeness (QED) is 0.908. The first-order valence-electron chi connectivity index (χ1n) is 5.68. The van der Waals surface area contributed by atoms with E-state index in [-0.39, 0.29) is 5.91 Å². The zero-order chi connectivity index (χ0) is 12.3. The Balaban J connectivity index is 2.03. The van der Waals surface area contributed by atoms with Gasteiger partial charge in [-0.2, -0.15) is 0 Å². The fraction of sp³-hybridized carbons (Fsp3) is 0.417. The lowest BCUT2D eigenvalue weighted by Gasteiger charge is -2.26. The molecule has 1 fully saturated rings. The molecule has 0 unspecified atom stereocenters. The molecule has 1 saturated heterocycles. The number of nitrogens with zero attached hydrogens (tertiary/aromatic N) is 1. The van der Waals surface area contributed by atoms with Gasteiger partial charge in [0.05, 0.1) is 5.56 Å². The third kappa shape index (κ3) is 3.44. The normalized spacial score (nSPS) is 16.8. The van der Waals surface area contributed by atoms with Crippen molar-refractivity contribution in [2.45, 2.75) is 19.3 Å². The maximum atomic E-state index is 12.0. The number of halogens is 2. The minimum absolute atomic E-state index is 0.0876. The van der Waals surface area contributed by atoms with Crippen LogP contribution in [0.25, 0.3) is 0 Å². The number of nitrogens with one attached hydrogen (secondary N) is 1. The van der Waals surface area contributed by atoms with E-state index < -0.39 is 0 Å². The van der Waals surface area contributed by atoms with E-state index in [1.54, 1.807) is 18.2 Å². The van der Waals surface area contributed by atoms with Crippen LogP contribution >= 0.6 is 27.5 Å². The molecule has 0 aromatic heterocycles. The summed E-state index contributed by atoms with van der Waals surface area (Å²) in [4.78, 5) is 12.0. The predicted molar refractivity (Wildman–Crippen MR) is 72.0 cm³/mol. The van der Waals surface area contributed by atoms with E-state index in [9.17, 15) is 4.79 Å². The van der Waals surface area contributed by atoms with Crippen molar-refractivity contribution >= 4 is 33.4 Å². The zero-order valence-electron chi connectivity index (χ0n) is 9.38. The lowest BCUT2D eigenvalue weighted by molar-refractivity contribution is 0.0749. The van der Waals surface area contributed by atoms with E-state index in [1.807, 2.05) is 5.01 Å². The number of piperidine rings is 1. The van der Waals surface area contributed by atoms with Gasteiger partial charge < -0.3 is 0 Å². The summed E-state index contributed by atoms with van der Waals surface area (Å²) in [5, 5.41) is 2.60. The molecular formula is C12H14BrClN2O. The molecule has 1 heterocycles. The van der Waals surface area contributed by atoms with Crippen molar-refractivity contribution in [3.63, 3.8) is 0 Å². The smallest absolute Gasteiger partial charge is 0.266 e. The van der Waals surface area contributed by atoms with Gasteiger partial charge in [0.2, 0.25) is 0 Å². The van der Waals surface area contributed by atoms with Gasteiger partial charge in [0, 0.05) is 22.6 Å². The first-order valence-corrected chi connectivity index (χ1v) is 6.85. The Hall–Kier alpha value is -0.580. The molecule has 1 aromatic carbocycles. The topological polar surface area (TPSA) is 32.3 Å². The Morgan fingerprint density at radius 1 is 1.29 bits per heavy atom. The minimum Gasteiger partial charge on any atom is -0.285 e. The minimum atomic E-state index is -0.0876. The predicted octanol–water partition coefficient (Wildman–Crippen LogP) is 3.23. The fourth-order valence-electron chi connectivity index (χ4n) is 1.88. The maximum absolute atomic E-state index is 12.0. The molecule has 2 rings (SSSR count). The molecule has 1 N–H and O–H groups in total. The van der Waals surface area contributed by atoms with Crippen LogP contribution in [0.15, 0.2) is 22.7 Å². The molecule has 0 spiro atoms.